The summed E-state index contributed by atoms with van der Waals surface area (Å²) in [5.41, 5.74) is -0.313. The second kappa shape index (κ2) is 6.25. The molecule has 2 rings (SSSR count). The highest BCUT2D eigenvalue weighted by Crippen LogP contribution is 2.35. The first-order chi connectivity index (χ1) is 10.0. The van der Waals surface area contributed by atoms with E-state index in [0.29, 0.717) is 12.8 Å². The Morgan fingerprint density at radius 1 is 1.19 bits per heavy atom. The zero-order valence-electron chi connectivity index (χ0n) is 11.3. The van der Waals surface area contributed by atoms with Crippen LogP contribution < -0.4 is 10.6 Å². The molecule has 7 heteroatoms. The summed E-state index contributed by atoms with van der Waals surface area (Å²) >= 11 is 0. The summed E-state index contributed by atoms with van der Waals surface area (Å²) in [6, 6.07) is 9.12. The Labute approximate surface area is 121 Å². The van der Waals surface area contributed by atoms with Crippen molar-refractivity contribution in [2.75, 3.05) is 6.54 Å². The van der Waals surface area contributed by atoms with Crippen LogP contribution in [0.25, 0.3) is 0 Å². The number of nitrogens with one attached hydrogen (secondary N) is 2. The Kier molecular flexibility index (Phi) is 4.42. The summed E-state index contributed by atoms with van der Waals surface area (Å²) in [6.07, 6.45) is 0.0909. The molecule has 0 spiro atoms. The number of amides is 2. The molecule has 1 aromatic carbocycles. The van der Waals surface area contributed by atoms with Crippen molar-refractivity contribution >= 4 is 18.0 Å². The first kappa shape index (κ1) is 14.8. The average molecular weight is 292 g/mol. The van der Waals surface area contributed by atoms with Gasteiger partial charge < -0.3 is 20.5 Å². The molecule has 2 amide bonds. The normalized spacial score (nSPS) is 14.9. The van der Waals surface area contributed by atoms with Gasteiger partial charge in [-0.25, -0.2) is 9.59 Å². The summed E-state index contributed by atoms with van der Waals surface area (Å²) in [7, 11) is 0. The fraction of sp³-hybridized carbons (Fsp3) is 0.357. The minimum atomic E-state index is -1.15. The lowest BCUT2D eigenvalue weighted by Gasteiger charge is -2.12. The molecule has 0 radical (unpaired) electrons. The molecule has 0 aromatic heterocycles. The Bertz CT molecular complexity index is 540. The van der Waals surface area contributed by atoms with Crippen LogP contribution in [0.1, 0.15) is 18.4 Å². The van der Waals surface area contributed by atoms with Crippen LogP contribution in [0.3, 0.4) is 0 Å². The topological polar surface area (TPSA) is 105 Å². The molecule has 0 saturated heterocycles. The van der Waals surface area contributed by atoms with Crippen molar-refractivity contribution in [3.63, 3.8) is 0 Å². The van der Waals surface area contributed by atoms with E-state index in [0.717, 1.165) is 5.56 Å². The Morgan fingerprint density at radius 2 is 1.86 bits per heavy atom. The van der Waals surface area contributed by atoms with E-state index < -0.39 is 23.5 Å². The van der Waals surface area contributed by atoms with Gasteiger partial charge >= 0.3 is 12.1 Å². The summed E-state index contributed by atoms with van der Waals surface area (Å²) in [6.45, 7) is -0.212. The number of benzene rings is 1. The van der Waals surface area contributed by atoms with Gasteiger partial charge in [-0.2, -0.15) is 0 Å². The van der Waals surface area contributed by atoms with Crippen molar-refractivity contribution in [2.45, 2.75) is 25.0 Å². The molecule has 21 heavy (non-hydrogen) atoms. The quantitative estimate of drug-likeness (QED) is 0.714. The molecular formula is C14H16N2O5. The van der Waals surface area contributed by atoms with Gasteiger partial charge in [-0.15, -0.1) is 0 Å². The first-order valence-corrected chi connectivity index (χ1v) is 6.51. The number of hydrogen-bond acceptors (Lipinski definition) is 4. The molecule has 1 aliphatic carbocycles. The van der Waals surface area contributed by atoms with Crippen molar-refractivity contribution in [1.29, 1.82) is 0 Å². The van der Waals surface area contributed by atoms with Gasteiger partial charge in [0.1, 0.15) is 18.7 Å². The lowest BCUT2D eigenvalue weighted by Crippen LogP contribution is -2.47. The summed E-state index contributed by atoms with van der Waals surface area (Å²) in [4.78, 5) is 33.8. The molecular weight excluding hydrogens is 276 g/mol. The minimum absolute atomic E-state index is 0.105. The van der Waals surface area contributed by atoms with Crippen LogP contribution in [-0.2, 0) is 20.9 Å². The molecule has 1 saturated carbocycles. The predicted octanol–water partition coefficient (Wildman–Crippen LogP) is 0.646. The van der Waals surface area contributed by atoms with Gasteiger partial charge in [0.25, 0.3) is 0 Å². The van der Waals surface area contributed by atoms with Gasteiger partial charge in [0.05, 0.1) is 0 Å². The van der Waals surface area contributed by atoms with Crippen LogP contribution in [0, 0.1) is 0 Å². The second-order valence-corrected chi connectivity index (χ2v) is 4.85. The number of carboxylic acid groups (broad SMARTS) is 1. The van der Waals surface area contributed by atoms with Crippen molar-refractivity contribution < 1.29 is 24.2 Å². The SMILES string of the molecule is O=C(CNC(=O)OCc1ccccc1)NC1(C(=O)O)CC1. The fourth-order valence-electron chi connectivity index (χ4n) is 1.75. The van der Waals surface area contributed by atoms with Gasteiger partial charge in [0, 0.05) is 0 Å². The molecule has 1 aliphatic rings. The Hall–Kier alpha value is -2.57. The molecule has 1 aromatic rings. The minimum Gasteiger partial charge on any atom is -0.480 e. The van der Waals surface area contributed by atoms with E-state index in [1.165, 1.54) is 0 Å². The number of hydrogen-bond donors (Lipinski definition) is 3. The predicted molar refractivity (Wildman–Crippen MR) is 72.4 cm³/mol. The molecule has 0 aliphatic heterocycles. The Morgan fingerprint density at radius 3 is 2.43 bits per heavy atom. The highest BCUT2D eigenvalue weighted by atomic mass is 16.5. The lowest BCUT2D eigenvalue weighted by molar-refractivity contribution is -0.143. The van der Waals surface area contributed by atoms with E-state index in [4.69, 9.17) is 9.84 Å². The van der Waals surface area contributed by atoms with E-state index in [2.05, 4.69) is 10.6 Å². The molecule has 0 bridgehead atoms. The first-order valence-electron chi connectivity index (χ1n) is 6.51. The van der Waals surface area contributed by atoms with Crippen molar-refractivity contribution in [2.24, 2.45) is 0 Å². The number of ether oxygens (including phenoxy) is 1. The number of carboxylic acids is 1. The highest BCUT2D eigenvalue weighted by Gasteiger charge is 2.51. The van der Waals surface area contributed by atoms with Crippen LogP contribution in [0.2, 0.25) is 0 Å². The zero-order valence-corrected chi connectivity index (χ0v) is 11.3. The molecule has 1 fully saturated rings. The zero-order chi connectivity index (χ0) is 15.3. The van der Waals surface area contributed by atoms with Crippen molar-refractivity contribution in [3.05, 3.63) is 35.9 Å². The third-order valence-electron chi connectivity index (χ3n) is 3.14. The third kappa shape index (κ3) is 4.20. The summed E-state index contributed by atoms with van der Waals surface area (Å²) in [5.74, 6) is -1.60. The molecule has 7 nitrogen and oxygen atoms in total. The lowest BCUT2D eigenvalue weighted by atomic mass is 10.2. The van der Waals surface area contributed by atoms with Crippen LogP contribution >= 0.6 is 0 Å². The molecule has 0 unspecified atom stereocenters. The van der Waals surface area contributed by atoms with Crippen LogP contribution in [0.15, 0.2) is 30.3 Å². The maximum Gasteiger partial charge on any atom is 0.407 e. The molecule has 0 atom stereocenters. The van der Waals surface area contributed by atoms with E-state index >= 15 is 0 Å². The number of aliphatic carboxylic acids is 1. The fourth-order valence-corrected chi connectivity index (χ4v) is 1.75. The van der Waals surface area contributed by atoms with Crippen molar-refractivity contribution in [3.8, 4) is 0 Å². The van der Waals surface area contributed by atoms with Crippen LogP contribution in [0.5, 0.6) is 0 Å². The van der Waals surface area contributed by atoms with E-state index in [1.807, 2.05) is 30.3 Å². The van der Waals surface area contributed by atoms with Gasteiger partial charge in [-0.05, 0) is 18.4 Å². The smallest absolute Gasteiger partial charge is 0.407 e. The van der Waals surface area contributed by atoms with Crippen LogP contribution in [0.4, 0.5) is 4.79 Å². The molecule has 112 valence electrons. The Balaban J connectivity index is 1.67. The largest absolute Gasteiger partial charge is 0.480 e. The molecule has 0 heterocycles. The van der Waals surface area contributed by atoms with Crippen LogP contribution in [-0.4, -0.2) is 35.2 Å². The van der Waals surface area contributed by atoms with Gasteiger partial charge in [-0.3, -0.25) is 4.79 Å². The summed E-state index contributed by atoms with van der Waals surface area (Å²) < 4.78 is 4.93. The number of alkyl carbamates (subject to hydrolysis) is 1. The van der Waals surface area contributed by atoms with Gasteiger partial charge in [-0.1, -0.05) is 30.3 Å². The number of rotatable bonds is 6. The third-order valence-corrected chi connectivity index (χ3v) is 3.14. The highest BCUT2D eigenvalue weighted by molar-refractivity contribution is 5.91. The van der Waals surface area contributed by atoms with Gasteiger partial charge in [0.2, 0.25) is 5.91 Å². The van der Waals surface area contributed by atoms with E-state index in [1.54, 1.807) is 0 Å². The van der Waals surface area contributed by atoms with Crippen molar-refractivity contribution in [1.82, 2.24) is 10.6 Å². The molecule has 3 N–H and O–H groups in total. The van der Waals surface area contributed by atoms with Gasteiger partial charge in [0.15, 0.2) is 0 Å². The average Bonchev–Trinajstić information content (AvgIpc) is 3.25. The second-order valence-electron chi connectivity index (χ2n) is 4.85. The number of carbonyl (C=O) groups excluding carboxylic acids is 2. The summed E-state index contributed by atoms with van der Waals surface area (Å²) in [5, 5.41) is 13.6. The van der Waals surface area contributed by atoms with E-state index in [-0.39, 0.29) is 13.2 Å². The maximum atomic E-state index is 11.5. The number of carbonyl (C=O) groups is 3. The maximum absolute atomic E-state index is 11.5. The van der Waals surface area contributed by atoms with E-state index in [9.17, 15) is 14.4 Å². The standard InChI is InChI=1S/C14H16N2O5/c17-11(16-14(6-7-14)12(18)19)8-15-13(20)21-9-10-4-2-1-3-5-10/h1-5H,6-9H2,(H,15,20)(H,16,17)(H,18,19). The monoisotopic (exact) mass is 292 g/mol.